The van der Waals surface area contributed by atoms with Gasteiger partial charge in [-0.2, -0.15) is 18.3 Å². The molecular formula is C20H12ClF5N6O. The Hall–Kier alpha value is -3.54. The van der Waals surface area contributed by atoms with E-state index in [4.69, 9.17) is 11.6 Å². The third kappa shape index (κ3) is 3.50. The molecule has 4 aromatic rings. The van der Waals surface area contributed by atoms with Gasteiger partial charge in [-0.1, -0.05) is 18.2 Å². The van der Waals surface area contributed by atoms with Gasteiger partial charge in [0.05, 0.1) is 46.3 Å². The van der Waals surface area contributed by atoms with Gasteiger partial charge in [0.25, 0.3) is 0 Å². The zero-order valence-electron chi connectivity index (χ0n) is 16.3. The number of allylic oxidation sites excluding steroid dienone is 1. The maximum atomic E-state index is 15.0. The van der Waals surface area contributed by atoms with Gasteiger partial charge in [0, 0.05) is 22.7 Å². The third-order valence-electron chi connectivity index (χ3n) is 5.33. The third-order valence-corrected chi connectivity index (χ3v) is 5.69. The Morgan fingerprint density at radius 2 is 2.03 bits per heavy atom. The highest BCUT2D eigenvalue weighted by Crippen LogP contribution is 2.44. The molecule has 5 rings (SSSR count). The zero-order chi connectivity index (χ0) is 23.7. The number of aromatic nitrogens is 5. The van der Waals surface area contributed by atoms with Gasteiger partial charge in [0.2, 0.25) is 5.91 Å². The van der Waals surface area contributed by atoms with Crippen LogP contribution in [0.3, 0.4) is 0 Å². The number of hydrogen-bond acceptors (Lipinski definition) is 4. The number of carbonyl (C=O) groups excluding carboxylic acids is 1. The molecular weight excluding hydrogens is 471 g/mol. The summed E-state index contributed by atoms with van der Waals surface area (Å²) in [6.45, 7) is 2.96. The fourth-order valence-corrected chi connectivity index (χ4v) is 3.83. The van der Waals surface area contributed by atoms with Crippen molar-refractivity contribution < 1.29 is 26.7 Å². The lowest BCUT2D eigenvalue weighted by Gasteiger charge is -2.15. The van der Waals surface area contributed by atoms with Crippen LogP contribution in [-0.4, -0.2) is 42.8 Å². The highest BCUT2D eigenvalue weighted by molar-refractivity contribution is 6.35. The molecule has 1 aliphatic carbocycles. The van der Waals surface area contributed by atoms with Crippen LogP contribution in [-0.2, 0) is 4.79 Å². The van der Waals surface area contributed by atoms with Crippen LogP contribution in [0.5, 0.6) is 0 Å². The molecule has 2 unspecified atom stereocenters. The van der Waals surface area contributed by atoms with Crippen LogP contribution in [0.4, 0.5) is 27.8 Å². The molecule has 7 nitrogen and oxygen atoms in total. The minimum Gasteiger partial charge on any atom is -0.309 e. The van der Waals surface area contributed by atoms with Crippen molar-refractivity contribution in [1.29, 1.82) is 0 Å². The van der Waals surface area contributed by atoms with Crippen LogP contribution in [0.25, 0.3) is 33.4 Å². The molecule has 0 spiro atoms. The van der Waals surface area contributed by atoms with Crippen LogP contribution in [0.2, 0.25) is 5.02 Å². The first-order valence-corrected chi connectivity index (χ1v) is 9.84. The molecule has 1 fully saturated rings. The number of hydrogen-bond donors (Lipinski definition) is 2. The van der Waals surface area contributed by atoms with Crippen LogP contribution >= 0.6 is 11.6 Å². The van der Waals surface area contributed by atoms with Crippen LogP contribution < -0.4 is 5.32 Å². The highest BCUT2D eigenvalue weighted by atomic mass is 35.5. The zero-order valence-corrected chi connectivity index (χ0v) is 17.1. The average Bonchev–Trinajstić information content (AvgIpc) is 3.11. The van der Waals surface area contributed by atoms with Crippen molar-refractivity contribution in [3.05, 3.63) is 47.8 Å². The van der Waals surface area contributed by atoms with Gasteiger partial charge in [0.1, 0.15) is 6.17 Å². The number of carbonyl (C=O) groups is 1. The number of halogens is 6. The number of alkyl halides is 4. The molecule has 3 heterocycles. The summed E-state index contributed by atoms with van der Waals surface area (Å²) in [6.07, 6.45) is -0.530. The first kappa shape index (κ1) is 21.3. The lowest BCUT2D eigenvalue weighted by atomic mass is 9.98. The topological polar surface area (TPSA) is 88.0 Å². The first-order valence-electron chi connectivity index (χ1n) is 9.46. The van der Waals surface area contributed by atoms with E-state index in [1.807, 2.05) is 0 Å². The molecule has 0 aliphatic heterocycles. The largest absolute Gasteiger partial charge is 0.416 e. The van der Waals surface area contributed by atoms with E-state index < -0.39 is 46.1 Å². The molecule has 170 valence electrons. The van der Waals surface area contributed by atoms with E-state index in [0.717, 1.165) is 0 Å². The van der Waals surface area contributed by atoms with E-state index in [9.17, 15) is 22.4 Å². The van der Waals surface area contributed by atoms with Gasteiger partial charge < -0.3 is 9.72 Å². The predicted octanol–water partition coefficient (Wildman–Crippen LogP) is 4.94. The lowest BCUT2D eigenvalue weighted by Crippen LogP contribution is -2.15. The molecule has 0 bridgehead atoms. The van der Waals surface area contributed by atoms with Crippen molar-refractivity contribution in [3.63, 3.8) is 0 Å². The van der Waals surface area contributed by atoms with Crippen LogP contribution in [0, 0.1) is 11.7 Å². The van der Waals surface area contributed by atoms with Gasteiger partial charge in [-0.3, -0.25) is 14.9 Å². The van der Waals surface area contributed by atoms with Crippen molar-refractivity contribution in [2.45, 2.75) is 18.8 Å². The number of imidazole rings is 1. The number of nitrogens with zero attached hydrogens (tertiary/aromatic N) is 4. The minimum atomic E-state index is -4.89. The van der Waals surface area contributed by atoms with Crippen molar-refractivity contribution in [1.82, 2.24) is 24.6 Å². The highest BCUT2D eigenvalue weighted by Gasteiger charge is 2.44. The summed E-state index contributed by atoms with van der Waals surface area (Å²) >= 11 is 6.16. The molecule has 13 heteroatoms. The fraction of sp³-hybridized carbons (Fsp3) is 0.200. The summed E-state index contributed by atoms with van der Waals surface area (Å²) in [5.74, 6) is -2.37. The van der Waals surface area contributed by atoms with Crippen LogP contribution in [0.15, 0.2) is 31.4 Å². The van der Waals surface area contributed by atoms with Gasteiger partial charge in [0.15, 0.2) is 17.3 Å². The van der Waals surface area contributed by atoms with Gasteiger partial charge in [-0.25, -0.2) is 13.8 Å². The Kier molecular flexibility index (Phi) is 4.67. The smallest absolute Gasteiger partial charge is 0.309 e. The Labute approximate surface area is 186 Å². The molecule has 1 saturated carbocycles. The van der Waals surface area contributed by atoms with Crippen molar-refractivity contribution in [2.75, 3.05) is 5.32 Å². The summed E-state index contributed by atoms with van der Waals surface area (Å²) in [4.78, 5) is 20.3. The lowest BCUT2D eigenvalue weighted by molar-refractivity contribution is -0.117. The monoisotopic (exact) mass is 482 g/mol. The number of fused-ring (bicyclic) bond motifs is 2. The Morgan fingerprint density at radius 1 is 1.30 bits per heavy atom. The van der Waals surface area contributed by atoms with Crippen LogP contribution in [0.1, 0.15) is 12.0 Å². The van der Waals surface area contributed by atoms with Crippen molar-refractivity contribution in [2.24, 2.45) is 5.92 Å². The van der Waals surface area contributed by atoms with Crippen molar-refractivity contribution in [3.8, 4) is 11.3 Å². The molecule has 2 atom stereocenters. The second-order valence-electron chi connectivity index (χ2n) is 7.52. The summed E-state index contributed by atoms with van der Waals surface area (Å²) < 4.78 is 69.3. The Balaban J connectivity index is 1.60. The molecule has 1 amide bonds. The first-order chi connectivity index (χ1) is 15.6. The van der Waals surface area contributed by atoms with E-state index in [2.05, 4.69) is 32.1 Å². The number of benzene rings is 1. The molecule has 33 heavy (non-hydrogen) atoms. The number of rotatable bonds is 4. The number of nitrogens with one attached hydrogen (secondary N) is 2. The van der Waals surface area contributed by atoms with E-state index in [-0.39, 0.29) is 34.4 Å². The number of anilines is 1. The van der Waals surface area contributed by atoms with E-state index in [1.54, 1.807) is 0 Å². The Morgan fingerprint density at radius 3 is 2.70 bits per heavy atom. The standard InChI is InChI=1S/C20H12ClF5N6O/c1-7(20(24,25)26)14-17(23)16(21)15(9-3-28-31-18(9)14)11-5-32-6-12(29-13(32)4-27-11)30-19(33)8-2-10(8)22/h3-6,8,10H,1-2H2,(H,28,31)(H,30,33). The second-order valence-corrected chi connectivity index (χ2v) is 7.90. The molecule has 0 radical (unpaired) electrons. The number of H-pyrrole nitrogens is 1. The SMILES string of the molecule is C=C(c1c(F)c(Cl)c(-c2cn3cc(NC(=O)C4CC4F)nc3cn2)c2cn[nH]c12)C(F)(F)F. The van der Waals surface area contributed by atoms with Crippen molar-refractivity contribution >= 4 is 45.4 Å². The molecule has 2 N–H and O–H groups in total. The summed E-state index contributed by atoms with van der Waals surface area (Å²) in [5.41, 5.74) is -2.04. The average molecular weight is 483 g/mol. The maximum absolute atomic E-state index is 15.0. The number of aromatic amines is 1. The molecule has 1 aromatic carbocycles. The molecule has 0 saturated heterocycles. The Bertz CT molecular complexity index is 1460. The van der Waals surface area contributed by atoms with Gasteiger partial charge in [-0.05, 0) is 6.42 Å². The maximum Gasteiger partial charge on any atom is 0.416 e. The minimum absolute atomic E-state index is 0.0103. The summed E-state index contributed by atoms with van der Waals surface area (Å²) in [6, 6.07) is 0. The molecule has 3 aromatic heterocycles. The van der Waals surface area contributed by atoms with E-state index in [0.29, 0.717) is 5.65 Å². The summed E-state index contributed by atoms with van der Waals surface area (Å²) in [5, 5.41) is 8.12. The van der Waals surface area contributed by atoms with Gasteiger partial charge in [-0.15, -0.1) is 0 Å². The van der Waals surface area contributed by atoms with E-state index >= 15 is 4.39 Å². The van der Waals surface area contributed by atoms with Gasteiger partial charge >= 0.3 is 6.18 Å². The fourth-order valence-electron chi connectivity index (χ4n) is 3.53. The summed E-state index contributed by atoms with van der Waals surface area (Å²) in [7, 11) is 0. The predicted molar refractivity (Wildman–Crippen MR) is 110 cm³/mol. The quantitative estimate of drug-likeness (QED) is 0.403. The second kappa shape index (κ2) is 7.24. The molecule has 1 aliphatic rings. The number of amides is 1. The van der Waals surface area contributed by atoms with E-state index in [1.165, 1.54) is 29.2 Å². The normalized spacial score (nSPS) is 18.1.